The molecule has 0 spiro atoms. The van der Waals surface area contributed by atoms with Crippen LogP contribution < -0.4 is 5.32 Å². The normalized spacial score (nSPS) is 16.1. The Morgan fingerprint density at radius 2 is 2.06 bits per heavy atom. The summed E-state index contributed by atoms with van der Waals surface area (Å²) >= 11 is 0. The van der Waals surface area contributed by atoms with E-state index in [1.54, 1.807) is 13.0 Å². The van der Waals surface area contributed by atoms with Gasteiger partial charge in [0.2, 0.25) is 5.91 Å². The van der Waals surface area contributed by atoms with E-state index in [-0.39, 0.29) is 16.7 Å². The number of rotatable bonds is 3. The largest absolute Gasteiger partial charge is 0.326 e. The maximum Gasteiger partial charge on any atom is 0.261 e. The number of benzene rings is 1. The van der Waals surface area contributed by atoms with Crippen molar-refractivity contribution in [1.29, 1.82) is 0 Å². The Kier molecular flexibility index (Phi) is 3.64. The van der Waals surface area contributed by atoms with E-state index in [1.807, 2.05) is 0 Å². The number of amides is 1. The fraction of sp³-hybridized carbons (Fsp3) is 0.417. The SMILES string of the molecule is Cc1cc(S(=O)(=O)Cl)ccc1NC(=O)C1CCC1. The van der Waals surface area contributed by atoms with E-state index in [4.69, 9.17) is 10.7 Å². The van der Waals surface area contributed by atoms with Crippen molar-refractivity contribution in [3.8, 4) is 0 Å². The van der Waals surface area contributed by atoms with Crippen LogP contribution in [0.2, 0.25) is 0 Å². The number of nitrogens with one attached hydrogen (secondary N) is 1. The molecule has 1 amide bonds. The predicted octanol–water partition coefficient (Wildman–Crippen LogP) is 2.66. The fourth-order valence-electron chi connectivity index (χ4n) is 1.83. The molecule has 1 aliphatic rings. The first-order chi connectivity index (χ1) is 8.38. The maximum atomic E-state index is 11.8. The topological polar surface area (TPSA) is 63.2 Å². The number of halogens is 1. The highest BCUT2D eigenvalue weighted by atomic mass is 35.7. The minimum atomic E-state index is -3.72. The number of carbonyl (C=O) groups is 1. The average molecular weight is 288 g/mol. The monoisotopic (exact) mass is 287 g/mol. The van der Waals surface area contributed by atoms with E-state index in [1.165, 1.54) is 12.1 Å². The zero-order chi connectivity index (χ0) is 13.3. The number of carbonyl (C=O) groups excluding carboxylic acids is 1. The molecule has 1 N–H and O–H groups in total. The molecular weight excluding hydrogens is 274 g/mol. The number of hydrogen-bond donors (Lipinski definition) is 1. The van der Waals surface area contributed by atoms with Crippen LogP contribution in [-0.2, 0) is 13.8 Å². The van der Waals surface area contributed by atoms with Crippen molar-refractivity contribution in [1.82, 2.24) is 0 Å². The van der Waals surface area contributed by atoms with Gasteiger partial charge in [-0.1, -0.05) is 6.42 Å². The van der Waals surface area contributed by atoms with Gasteiger partial charge in [0.25, 0.3) is 9.05 Å². The molecule has 1 aliphatic carbocycles. The molecule has 18 heavy (non-hydrogen) atoms. The molecule has 2 rings (SSSR count). The van der Waals surface area contributed by atoms with Crippen molar-refractivity contribution in [2.45, 2.75) is 31.1 Å². The summed E-state index contributed by atoms with van der Waals surface area (Å²) in [4.78, 5) is 11.8. The van der Waals surface area contributed by atoms with Crippen molar-refractivity contribution < 1.29 is 13.2 Å². The summed E-state index contributed by atoms with van der Waals surface area (Å²) in [6.07, 6.45) is 2.96. The van der Waals surface area contributed by atoms with Gasteiger partial charge < -0.3 is 5.32 Å². The van der Waals surface area contributed by atoms with Crippen LogP contribution in [0.25, 0.3) is 0 Å². The second-order valence-electron chi connectivity index (χ2n) is 4.53. The molecule has 0 unspecified atom stereocenters. The Balaban J connectivity index is 2.17. The molecule has 4 nitrogen and oxygen atoms in total. The van der Waals surface area contributed by atoms with Gasteiger partial charge in [-0.25, -0.2) is 8.42 Å². The quantitative estimate of drug-likeness (QED) is 0.869. The van der Waals surface area contributed by atoms with Crippen LogP contribution in [0.5, 0.6) is 0 Å². The van der Waals surface area contributed by atoms with Crippen molar-refractivity contribution >= 4 is 31.3 Å². The van der Waals surface area contributed by atoms with Gasteiger partial charge in [0.15, 0.2) is 0 Å². The highest BCUT2D eigenvalue weighted by Gasteiger charge is 2.25. The van der Waals surface area contributed by atoms with Crippen LogP contribution in [0, 0.1) is 12.8 Å². The minimum absolute atomic E-state index is 0.00540. The van der Waals surface area contributed by atoms with Gasteiger partial charge in [-0.05, 0) is 43.5 Å². The summed E-state index contributed by atoms with van der Waals surface area (Å²) in [5, 5.41) is 2.81. The van der Waals surface area contributed by atoms with E-state index in [2.05, 4.69) is 5.32 Å². The highest BCUT2D eigenvalue weighted by Crippen LogP contribution is 2.29. The molecule has 0 aromatic heterocycles. The molecule has 6 heteroatoms. The van der Waals surface area contributed by atoms with Gasteiger partial charge in [0.05, 0.1) is 4.90 Å². The number of aryl methyl sites for hydroxylation is 1. The van der Waals surface area contributed by atoms with Crippen LogP contribution in [0.15, 0.2) is 23.1 Å². The van der Waals surface area contributed by atoms with Gasteiger partial charge in [-0.2, -0.15) is 0 Å². The van der Waals surface area contributed by atoms with Crippen LogP contribution in [0.1, 0.15) is 24.8 Å². The summed E-state index contributed by atoms with van der Waals surface area (Å²) in [5.74, 6) is 0.103. The Bertz CT molecular complexity index is 579. The Morgan fingerprint density at radius 1 is 1.39 bits per heavy atom. The van der Waals surface area contributed by atoms with Crippen molar-refractivity contribution in [3.63, 3.8) is 0 Å². The van der Waals surface area contributed by atoms with Crippen LogP contribution in [-0.4, -0.2) is 14.3 Å². The second-order valence-corrected chi connectivity index (χ2v) is 7.10. The summed E-state index contributed by atoms with van der Waals surface area (Å²) in [5.41, 5.74) is 1.32. The molecule has 0 bridgehead atoms. The number of hydrogen-bond acceptors (Lipinski definition) is 3. The molecule has 1 saturated carbocycles. The van der Waals surface area contributed by atoms with E-state index < -0.39 is 9.05 Å². The molecule has 0 aliphatic heterocycles. The van der Waals surface area contributed by atoms with Gasteiger partial charge in [-0.15, -0.1) is 0 Å². The lowest BCUT2D eigenvalue weighted by atomic mass is 9.85. The molecule has 0 radical (unpaired) electrons. The summed E-state index contributed by atoms with van der Waals surface area (Å²) in [7, 11) is 1.53. The van der Waals surface area contributed by atoms with Crippen molar-refractivity contribution in [3.05, 3.63) is 23.8 Å². The van der Waals surface area contributed by atoms with Crippen LogP contribution in [0.3, 0.4) is 0 Å². The van der Waals surface area contributed by atoms with E-state index >= 15 is 0 Å². The summed E-state index contributed by atoms with van der Waals surface area (Å²) < 4.78 is 22.3. The van der Waals surface area contributed by atoms with Crippen molar-refractivity contribution in [2.75, 3.05) is 5.32 Å². The Morgan fingerprint density at radius 3 is 2.50 bits per heavy atom. The second kappa shape index (κ2) is 4.90. The molecule has 0 heterocycles. The minimum Gasteiger partial charge on any atom is -0.326 e. The van der Waals surface area contributed by atoms with E-state index in [0.29, 0.717) is 11.3 Å². The third-order valence-corrected chi connectivity index (χ3v) is 4.56. The Hall–Kier alpha value is -1.07. The van der Waals surface area contributed by atoms with Gasteiger partial charge in [-0.3, -0.25) is 4.79 Å². The molecule has 1 aromatic carbocycles. The third kappa shape index (κ3) is 2.84. The van der Waals surface area contributed by atoms with Gasteiger partial charge in [0.1, 0.15) is 0 Å². The molecule has 0 saturated heterocycles. The van der Waals surface area contributed by atoms with Crippen molar-refractivity contribution in [2.24, 2.45) is 5.92 Å². The lowest BCUT2D eigenvalue weighted by molar-refractivity contribution is -0.122. The average Bonchev–Trinajstić information content (AvgIpc) is 2.16. The lowest BCUT2D eigenvalue weighted by Crippen LogP contribution is -2.28. The van der Waals surface area contributed by atoms with E-state index in [9.17, 15) is 13.2 Å². The first-order valence-corrected chi connectivity index (χ1v) is 8.05. The standard InChI is InChI=1S/C12H14ClNO3S/c1-8-7-10(18(13,16)17)5-6-11(8)14-12(15)9-3-2-4-9/h5-7,9H,2-4H2,1H3,(H,14,15). The molecule has 1 aromatic rings. The van der Waals surface area contributed by atoms with E-state index in [0.717, 1.165) is 19.3 Å². The van der Waals surface area contributed by atoms with Crippen LogP contribution in [0.4, 0.5) is 5.69 Å². The summed E-state index contributed by atoms with van der Waals surface area (Å²) in [6.45, 7) is 1.74. The number of anilines is 1. The molecule has 0 atom stereocenters. The first-order valence-electron chi connectivity index (χ1n) is 5.74. The maximum absolute atomic E-state index is 11.8. The zero-order valence-electron chi connectivity index (χ0n) is 9.94. The zero-order valence-corrected chi connectivity index (χ0v) is 11.5. The fourth-order valence-corrected chi connectivity index (χ4v) is 2.67. The smallest absolute Gasteiger partial charge is 0.261 e. The third-order valence-electron chi connectivity index (χ3n) is 3.21. The Labute approximate surface area is 111 Å². The van der Waals surface area contributed by atoms with Gasteiger partial charge in [0, 0.05) is 22.3 Å². The first kappa shape index (κ1) is 13.4. The molecular formula is C12H14ClNO3S. The predicted molar refractivity (Wildman–Crippen MR) is 70.2 cm³/mol. The highest BCUT2D eigenvalue weighted by molar-refractivity contribution is 8.13. The molecule has 98 valence electrons. The summed E-state index contributed by atoms with van der Waals surface area (Å²) in [6, 6.07) is 4.42. The lowest BCUT2D eigenvalue weighted by Gasteiger charge is -2.24. The van der Waals surface area contributed by atoms with Crippen LogP contribution >= 0.6 is 10.7 Å². The molecule has 1 fully saturated rings. The van der Waals surface area contributed by atoms with Gasteiger partial charge >= 0.3 is 0 Å².